The van der Waals surface area contributed by atoms with E-state index in [4.69, 9.17) is 4.42 Å². The average molecular weight is 338 g/mol. The smallest absolute Gasteiger partial charge is 0.230 e. The number of nitrogens with zero attached hydrogens (tertiary/aromatic N) is 6. The Balaban J connectivity index is 1.48. The van der Waals surface area contributed by atoms with E-state index in [9.17, 15) is 0 Å². The van der Waals surface area contributed by atoms with Crippen molar-refractivity contribution < 1.29 is 4.42 Å². The minimum Gasteiger partial charge on any atom is -0.424 e. The molecule has 1 aromatic carbocycles. The Bertz CT molecular complexity index is 838. The maximum atomic E-state index is 5.74. The maximum Gasteiger partial charge on any atom is 0.230 e. The fraction of sp³-hybridized carbons (Fsp3) is 0.444. The second-order valence-corrected chi connectivity index (χ2v) is 6.67. The second kappa shape index (κ2) is 6.76. The first-order valence-corrected chi connectivity index (χ1v) is 8.73. The minimum absolute atomic E-state index is 0.259. The van der Waals surface area contributed by atoms with Gasteiger partial charge in [-0.05, 0) is 0 Å². The summed E-state index contributed by atoms with van der Waals surface area (Å²) in [5.74, 6) is 3.62. The van der Waals surface area contributed by atoms with Crippen molar-refractivity contribution in [2.45, 2.75) is 39.3 Å². The molecule has 0 saturated carbocycles. The van der Waals surface area contributed by atoms with Crippen molar-refractivity contribution in [3.8, 4) is 11.4 Å². The maximum absolute atomic E-state index is 5.74. The molecule has 0 saturated heterocycles. The Kier molecular flexibility index (Phi) is 4.31. The van der Waals surface area contributed by atoms with Gasteiger partial charge in [-0.1, -0.05) is 44.2 Å². The van der Waals surface area contributed by atoms with Crippen molar-refractivity contribution in [1.29, 1.82) is 0 Å². The topological polar surface area (TPSA) is 72.9 Å². The predicted molar refractivity (Wildman–Crippen MR) is 92.8 cm³/mol. The normalized spacial score (nSPS) is 15.3. The quantitative estimate of drug-likeness (QED) is 0.728. The van der Waals surface area contributed by atoms with E-state index in [1.54, 1.807) is 0 Å². The van der Waals surface area contributed by atoms with Gasteiger partial charge in [-0.25, -0.2) is 0 Å². The van der Waals surface area contributed by atoms with Crippen LogP contribution in [0.1, 0.15) is 37.4 Å². The minimum atomic E-state index is 0.259. The Morgan fingerprint density at radius 2 is 1.84 bits per heavy atom. The van der Waals surface area contributed by atoms with Crippen molar-refractivity contribution in [3.05, 3.63) is 47.9 Å². The number of hydrogen-bond acceptors (Lipinski definition) is 6. The largest absolute Gasteiger partial charge is 0.424 e. The van der Waals surface area contributed by atoms with Gasteiger partial charge >= 0.3 is 0 Å². The van der Waals surface area contributed by atoms with Gasteiger partial charge in [-0.2, -0.15) is 0 Å². The van der Waals surface area contributed by atoms with Gasteiger partial charge in [0.2, 0.25) is 11.8 Å². The molecule has 0 aliphatic carbocycles. The summed E-state index contributed by atoms with van der Waals surface area (Å²) in [7, 11) is 0. The predicted octanol–water partition coefficient (Wildman–Crippen LogP) is 2.51. The standard InChI is InChI=1S/C18H22N6O/c1-13(2)18-22-20-16(25-18)12-23-9-8-15-19-21-17(24(15)11-10-23)14-6-4-3-5-7-14/h3-7,13H,8-12H2,1-2H3. The van der Waals surface area contributed by atoms with Gasteiger partial charge in [0.05, 0.1) is 6.54 Å². The monoisotopic (exact) mass is 338 g/mol. The van der Waals surface area contributed by atoms with Gasteiger partial charge in [0.1, 0.15) is 5.82 Å². The molecule has 0 unspecified atom stereocenters. The van der Waals surface area contributed by atoms with E-state index in [2.05, 4.69) is 55.8 Å². The summed E-state index contributed by atoms with van der Waals surface area (Å²) < 4.78 is 7.97. The summed E-state index contributed by atoms with van der Waals surface area (Å²) in [6.07, 6.45) is 0.866. The van der Waals surface area contributed by atoms with Crippen molar-refractivity contribution in [2.24, 2.45) is 0 Å². The van der Waals surface area contributed by atoms with Crippen molar-refractivity contribution in [1.82, 2.24) is 29.9 Å². The zero-order valence-electron chi connectivity index (χ0n) is 14.6. The third kappa shape index (κ3) is 3.32. The van der Waals surface area contributed by atoms with E-state index < -0.39 is 0 Å². The van der Waals surface area contributed by atoms with Crippen LogP contribution in [0.4, 0.5) is 0 Å². The lowest BCUT2D eigenvalue weighted by atomic mass is 10.2. The molecule has 0 bridgehead atoms. The van der Waals surface area contributed by atoms with Crippen LogP contribution in [-0.4, -0.2) is 43.0 Å². The zero-order valence-corrected chi connectivity index (χ0v) is 14.6. The summed E-state index contributed by atoms with van der Waals surface area (Å²) >= 11 is 0. The van der Waals surface area contributed by atoms with Gasteiger partial charge in [-0.15, -0.1) is 20.4 Å². The Morgan fingerprint density at radius 1 is 1.00 bits per heavy atom. The van der Waals surface area contributed by atoms with Crippen LogP contribution < -0.4 is 0 Å². The molecule has 7 heteroatoms. The molecule has 2 aromatic heterocycles. The number of aromatic nitrogens is 5. The lowest BCUT2D eigenvalue weighted by molar-refractivity contribution is 0.240. The molecule has 0 radical (unpaired) electrons. The molecule has 25 heavy (non-hydrogen) atoms. The fourth-order valence-corrected chi connectivity index (χ4v) is 3.08. The average Bonchev–Trinajstić information content (AvgIpc) is 3.20. The summed E-state index contributed by atoms with van der Waals surface area (Å²) in [6, 6.07) is 10.2. The molecule has 4 rings (SSSR count). The molecular weight excluding hydrogens is 316 g/mol. The molecule has 0 spiro atoms. The molecule has 3 heterocycles. The first-order chi connectivity index (χ1) is 12.2. The highest BCUT2D eigenvalue weighted by atomic mass is 16.4. The highest BCUT2D eigenvalue weighted by Crippen LogP contribution is 2.21. The second-order valence-electron chi connectivity index (χ2n) is 6.67. The van der Waals surface area contributed by atoms with E-state index in [0.29, 0.717) is 18.3 Å². The van der Waals surface area contributed by atoms with Gasteiger partial charge in [0, 0.05) is 37.5 Å². The molecule has 1 aliphatic heterocycles. The third-order valence-electron chi connectivity index (χ3n) is 4.49. The van der Waals surface area contributed by atoms with Gasteiger partial charge in [0.15, 0.2) is 5.82 Å². The Labute approximate surface area is 146 Å². The zero-order chi connectivity index (χ0) is 17.2. The molecule has 130 valence electrons. The highest BCUT2D eigenvalue weighted by molar-refractivity contribution is 5.55. The van der Waals surface area contributed by atoms with Crippen LogP contribution in [0, 0.1) is 0 Å². The highest BCUT2D eigenvalue weighted by Gasteiger charge is 2.21. The summed E-state index contributed by atoms with van der Waals surface area (Å²) in [5.41, 5.74) is 1.10. The lowest BCUT2D eigenvalue weighted by Crippen LogP contribution is -2.26. The van der Waals surface area contributed by atoms with Crippen molar-refractivity contribution in [2.75, 3.05) is 13.1 Å². The van der Waals surface area contributed by atoms with Crippen LogP contribution in [-0.2, 0) is 19.5 Å². The van der Waals surface area contributed by atoms with E-state index in [1.807, 2.05) is 18.2 Å². The fourth-order valence-electron chi connectivity index (χ4n) is 3.08. The molecule has 0 amide bonds. The van der Waals surface area contributed by atoms with E-state index in [1.165, 1.54) is 0 Å². The van der Waals surface area contributed by atoms with Crippen molar-refractivity contribution in [3.63, 3.8) is 0 Å². The van der Waals surface area contributed by atoms with Crippen molar-refractivity contribution >= 4 is 0 Å². The summed E-state index contributed by atoms with van der Waals surface area (Å²) in [6.45, 7) is 7.47. The van der Waals surface area contributed by atoms with Gasteiger partial charge in [-0.3, -0.25) is 4.90 Å². The molecule has 0 atom stereocenters. The molecule has 0 fully saturated rings. The van der Waals surface area contributed by atoms with E-state index in [0.717, 1.165) is 43.3 Å². The SMILES string of the molecule is CC(C)c1nnc(CN2CCc3nnc(-c4ccccc4)n3CC2)o1. The number of hydrogen-bond donors (Lipinski definition) is 0. The molecule has 3 aromatic rings. The molecular formula is C18H22N6O. The first-order valence-electron chi connectivity index (χ1n) is 8.73. The van der Waals surface area contributed by atoms with Crippen LogP contribution in [0.3, 0.4) is 0 Å². The van der Waals surface area contributed by atoms with Crippen LogP contribution in [0.2, 0.25) is 0 Å². The first kappa shape index (κ1) is 16.0. The summed E-state index contributed by atoms with van der Waals surface area (Å²) in [5, 5.41) is 17.1. The van der Waals surface area contributed by atoms with Crippen LogP contribution in [0.25, 0.3) is 11.4 Å². The third-order valence-corrected chi connectivity index (χ3v) is 4.49. The number of benzene rings is 1. The van der Waals surface area contributed by atoms with Crippen LogP contribution >= 0.6 is 0 Å². The number of rotatable bonds is 4. The Hall–Kier alpha value is -2.54. The Morgan fingerprint density at radius 3 is 2.60 bits per heavy atom. The number of fused-ring (bicyclic) bond motifs is 1. The molecule has 0 N–H and O–H groups in total. The van der Waals surface area contributed by atoms with E-state index in [-0.39, 0.29) is 5.92 Å². The van der Waals surface area contributed by atoms with Crippen LogP contribution in [0.15, 0.2) is 34.7 Å². The molecule has 1 aliphatic rings. The summed E-state index contributed by atoms with van der Waals surface area (Å²) in [4.78, 5) is 2.33. The van der Waals surface area contributed by atoms with Gasteiger partial charge < -0.3 is 8.98 Å². The van der Waals surface area contributed by atoms with E-state index >= 15 is 0 Å². The van der Waals surface area contributed by atoms with Crippen LogP contribution in [0.5, 0.6) is 0 Å². The lowest BCUT2D eigenvalue weighted by Gasteiger charge is -2.17. The van der Waals surface area contributed by atoms with Gasteiger partial charge in [0.25, 0.3) is 0 Å². The molecule has 7 nitrogen and oxygen atoms in total.